The quantitative estimate of drug-likeness (QED) is 0.830. The molecule has 1 aliphatic heterocycles. The molecule has 29 heavy (non-hydrogen) atoms. The Bertz CT molecular complexity index is 906. The molecule has 9 heteroatoms. The van der Waals surface area contributed by atoms with Crippen LogP contribution in [-0.4, -0.2) is 57.8 Å². The summed E-state index contributed by atoms with van der Waals surface area (Å²) in [4.78, 5) is 35.7. The van der Waals surface area contributed by atoms with E-state index in [4.69, 9.17) is 0 Å². The third-order valence-corrected chi connectivity index (χ3v) is 5.17. The molecule has 0 saturated carbocycles. The molecule has 1 aromatic heterocycles. The van der Waals surface area contributed by atoms with Gasteiger partial charge in [-0.2, -0.15) is 0 Å². The first-order valence-electron chi connectivity index (χ1n) is 9.32. The minimum atomic E-state index is -0.657. The molecule has 2 atom stereocenters. The van der Waals surface area contributed by atoms with Crippen molar-refractivity contribution in [3.63, 3.8) is 0 Å². The van der Waals surface area contributed by atoms with Crippen molar-refractivity contribution in [2.24, 2.45) is 0 Å². The predicted molar refractivity (Wildman–Crippen MR) is 103 cm³/mol. The van der Waals surface area contributed by atoms with Crippen LogP contribution in [0.15, 0.2) is 30.6 Å². The normalized spacial score (nSPS) is 17.1. The van der Waals surface area contributed by atoms with Gasteiger partial charge in [-0.15, -0.1) is 0 Å². The summed E-state index contributed by atoms with van der Waals surface area (Å²) in [5.74, 6) is -1.30. The van der Waals surface area contributed by atoms with E-state index >= 15 is 0 Å². The minimum absolute atomic E-state index is 0.00441. The molecule has 2 amide bonds. The predicted octanol–water partition coefficient (Wildman–Crippen LogP) is 2.62. The van der Waals surface area contributed by atoms with Gasteiger partial charge in [-0.05, 0) is 19.4 Å². The van der Waals surface area contributed by atoms with Gasteiger partial charge in [0.1, 0.15) is 11.6 Å². The molecule has 154 valence electrons. The van der Waals surface area contributed by atoms with Gasteiger partial charge in [0.2, 0.25) is 11.9 Å². The third kappa shape index (κ3) is 4.67. The molecule has 0 unspecified atom stereocenters. The van der Waals surface area contributed by atoms with E-state index in [-0.39, 0.29) is 29.4 Å². The number of halogens is 2. The second-order valence-electron chi connectivity index (χ2n) is 7.15. The van der Waals surface area contributed by atoms with Gasteiger partial charge in [0.05, 0.1) is 17.6 Å². The molecular weight excluding hydrogens is 380 g/mol. The lowest BCUT2D eigenvalue weighted by Crippen LogP contribution is -2.39. The van der Waals surface area contributed by atoms with Crippen LogP contribution >= 0.6 is 0 Å². The number of benzene rings is 1. The highest BCUT2D eigenvalue weighted by Crippen LogP contribution is 2.21. The average molecular weight is 403 g/mol. The van der Waals surface area contributed by atoms with Crippen LogP contribution in [0.5, 0.6) is 0 Å². The highest BCUT2D eigenvalue weighted by Gasteiger charge is 2.30. The number of nitrogens with zero attached hydrogens (tertiary/aromatic N) is 4. The van der Waals surface area contributed by atoms with E-state index in [9.17, 15) is 18.4 Å². The first-order valence-corrected chi connectivity index (χ1v) is 9.32. The van der Waals surface area contributed by atoms with Crippen molar-refractivity contribution in [1.82, 2.24) is 19.8 Å². The SMILES string of the molecule is CC(=O)N(C)[C@H]1CCN(C(=O)c2cnc(N[C@@H](C)c3ccc(F)cc3F)nc2)C1. The fourth-order valence-electron chi connectivity index (χ4n) is 3.32. The van der Waals surface area contributed by atoms with Crippen LogP contribution in [0.1, 0.15) is 42.2 Å². The first-order chi connectivity index (χ1) is 13.8. The highest BCUT2D eigenvalue weighted by molar-refractivity contribution is 5.94. The molecule has 1 fully saturated rings. The molecular formula is C20H23F2N5O2. The summed E-state index contributed by atoms with van der Waals surface area (Å²) in [6.45, 7) is 4.23. The first kappa shape index (κ1) is 20.6. The van der Waals surface area contributed by atoms with Gasteiger partial charge in [-0.3, -0.25) is 9.59 Å². The summed E-state index contributed by atoms with van der Waals surface area (Å²) in [6, 6.07) is 2.89. The van der Waals surface area contributed by atoms with Crippen LogP contribution in [0.4, 0.5) is 14.7 Å². The van der Waals surface area contributed by atoms with Crippen molar-refractivity contribution < 1.29 is 18.4 Å². The Kier molecular flexibility index (Phi) is 6.05. The molecule has 2 heterocycles. The molecule has 1 N–H and O–H groups in total. The summed E-state index contributed by atoms with van der Waals surface area (Å²) in [5, 5.41) is 2.93. The van der Waals surface area contributed by atoms with E-state index in [0.717, 1.165) is 12.5 Å². The van der Waals surface area contributed by atoms with Crippen LogP contribution in [0.3, 0.4) is 0 Å². The Balaban J connectivity index is 1.62. The molecule has 2 aromatic rings. The number of amides is 2. The zero-order chi connectivity index (χ0) is 21.1. The summed E-state index contributed by atoms with van der Waals surface area (Å²) < 4.78 is 26.9. The molecule has 7 nitrogen and oxygen atoms in total. The largest absolute Gasteiger partial charge is 0.348 e. The molecule has 3 rings (SSSR count). The number of likely N-dealkylation sites (tertiary alicyclic amines) is 1. The molecule has 1 saturated heterocycles. The fourth-order valence-corrected chi connectivity index (χ4v) is 3.32. The van der Waals surface area contributed by atoms with Crippen molar-refractivity contribution in [2.75, 3.05) is 25.5 Å². The fraction of sp³-hybridized carbons (Fsp3) is 0.400. The van der Waals surface area contributed by atoms with Crippen molar-refractivity contribution >= 4 is 17.8 Å². The maximum absolute atomic E-state index is 13.9. The Morgan fingerprint density at radius 2 is 1.97 bits per heavy atom. The number of rotatable bonds is 5. The number of carbonyl (C=O) groups is 2. The Morgan fingerprint density at radius 1 is 1.28 bits per heavy atom. The topological polar surface area (TPSA) is 78.4 Å². The number of carbonyl (C=O) groups excluding carboxylic acids is 2. The maximum Gasteiger partial charge on any atom is 0.257 e. The molecule has 0 radical (unpaired) electrons. The summed E-state index contributed by atoms with van der Waals surface area (Å²) >= 11 is 0. The monoisotopic (exact) mass is 403 g/mol. The van der Waals surface area contributed by atoms with Crippen LogP contribution < -0.4 is 5.32 Å². The van der Waals surface area contributed by atoms with Crippen LogP contribution in [0.25, 0.3) is 0 Å². The summed E-state index contributed by atoms with van der Waals surface area (Å²) in [5.41, 5.74) is 0.621. The van der Waals surface area contributed by atoms with E-state index in [0.29, 0.717) is 18.7 Å². The minimum Gasteiger partial charge on any atom is -0.348 e. The van der Waals surface area contributed by atoms with Crippen molar-refractivity contribution in [2.45, 2.75) is 32.4 Å². The van der Waals surface area contributed by atoms with Crippen molar-refractivity contribution in [3.05, 3.63) is 53.4 Å². The Labute approximate surface area is 167 Å². The lowest BCUT2D eigenvalue weighted by molar-refractivity contribution is -0.129. The van der Waals surface area contributed by atoms with Crippen molar-refractivity contribution in [1.29, 1.82) is 0 Å². The Hall–Kier alpha value is -3.10. The Morgan fingerprint density at radius 3 is 2.59 bits per heavy atom. The standard InChI is InChI=1S/C20H23F2N5O2/c1-12(17-5-4-15(21)8-18(17)22)25-20-23-9-14(10-24-20)19(29)27-7-6-16(11-27)26(3)13(2)28/h4-5,8-10,12,16H,6-7,11H2,1-3H3,(H,23,24,25)/t12-,16-/m0/s1. The second-order valence-corrected chi connectivity index (χ2v) is 7.15. The summed E-state index contributed by atoms with van der Waals surface area (Å²) in [6.07, 6.45) is 3.55. The van der Waals surface area contributed by atoms with Gasteiger partial charge < -0.3 is 15.1 Å². The molecule has 0 spiro atoms. The number of likely N-dealkylation sites (N-methyl/N-ethyl adjacent to an activating group) is 1. The third-order valence-electron chi connectivity index (χ3n) is 5.17. The van der Waals surface area contributed by atoms with E-state index < -0.39 is 17.7 Å². The van der Waals surface area contributed by atoms with Crippen LogP contribution in [0, 0.1) is 11.6 Å². The zero-order valence-corrected chi connectivity index (χ0v) is 16.5. The van der Waals surface area contributed by atoms with Gasteiger partial charge in [0.15, 0.2) is 0 Å². The molecule has 1 aliphatic rings. The average Bonchev–Trinajstić information content (AvgIpc) is 3.17. The van der Waals surface area contributed by atoms with Gasteiger partial charge in [0, 0.05) is 51.1 Å². The number of anilines is 1. The second kappa shape index (κ2) is 8.50. The number of nitrogens with one attached hydrogen (secondary N) is 1. The number of hydrogen-bond acceptors (Lipinski definition) is 5. The number of aromatic nitrogens is 2. The van der Waals surface area contributed by atoms with Crippen LogP contribution in [0.2, 0.25) is 0 Å². The zero-order valence-electron chi connectivity index (χ0n) is 16.5. The van der Waals surface area contributed by atoms with Gasteiger partial charge in [-0.25, -0.2) is 18.7 Å². The lowest BCUT2D eigenvalue weighted by atomic mass is 10.1. The summed E-state index contributed by atoms with van der Waals surface area (Å²) in [7, 11) is 1.73. The number of hydrogen-bond donors (Lipinski definition) is 1. The molecule has 1 aromatic carbocycles. The smallest absolute Gasteiger partial charge is 0.257 e. The highest BCUT2D eigenvalue weighted by atomic mass is 19.1. The lowest BCUT2D eigenvalue weighted by Gasteiger charge is -2.23. The van der Waals surface area contributed by atoms with Crippen LogP contribution in [-0.2, 0) is 4.79 Å². The van der Waals surface area contributed by atoms with Gasteiger partial charge in [0.25, 0.3) is 5.91 Å². The van der Waals surface area contributed by atoms with E-state index in [1.165, 1.54) is 31.5 Å². The van der Waals surface area contributed by atoms with Gasteiger partial charge >= 0.3 is 0 Å². The van der Waals surface area contributed by atoms with E-state index in [1.54, 1.807) is 23.8 Å². The van der Waals surface area contributed by atoms with Crippen molar-refractivity contribution in [3.8, 4) is 0 Å². The van der Waals surface area contributed by atoms with E-state index in [2.05, 4.69) is 15.3 Å². The maximum atomic E-state index is 13.9. The molecule has 0 aliphatic carbocycles. The van der Waals surface area contributed by atoms with E-state index in [1.807, 2.05) is 0 Å². The molecule has 0 bridgehead atoms. The van der Waals surface area contributed by atoms with Gasteiger partial charge in [-0.1, -0.05) is 6.07 Å².